The summed E-state index contributed by atoms with van der Waals surface area (Å²) in [7, 11) is -2.78. The van der Waals surface area contributed by atoms with E-state index in [9.17, 15) is 22.4 Å². The van der Waals surface area contributed by atoms with Crippen molar-refractivity contribution in [2.24, 2.45) is 5.73 Å². The number of nitrogens with one attached hydrogen (secondary N) is 2. The van der Waals surface area contributed by atoms with Crippen molar-refractivity contribution in [2.45, 2.75) is 6.42 Å². The van der Waals surface area contributed by atoms with E-state index in [1.54, 1.807) is 12.1 Å². The Morgan fingerprint density at radius 3 is 2.68 bits per heavy atom. The Labute approximate surface area is 193 Å². The normalized spacial score (nSPS) is 14.6. The number of carbonyl (C=O) groups is 2. The standard InChI is InChI=1S/C21H20FN5O6S/c1-33-15-3-2-12(22)10-14(15)13-4-7-24-20-16(13)17(19(23)28)18(25-20)11-5-8-27(9-6-11)34(31,32)26-21(29)30/h2-5,7,10,26H,6,8-9H2,1H3,(H2,23,28)(H,24,25)(H,29,30). The van der Waals surface area contributed by atoms with Gasteiger partial charge in [0.25, 0.3) is 5.91 Å². The number of benzene rings is 1. The van der Waals surface area contributed by atoms with Crippen molar-refractivity contribution in [1.29, 1.82) is 0 Å². The summed E-state index contributed by atoms with van der Waals surface area (Å²) in [6.07, 6.45) is 1.54. The number of nitrogens with zero attached hydrogens (tertiary/aromatic N) is 2. The number of nitrogens with two attached hydrogens (primary N) is 1. The zero-order valence-corrected chi connectivity index (χ0v) is 18.6. The fourth-order valence-electron chi connectivity index (χ4n) is 3.99. The number of halogens is 1. The van der Waals surface area contributed by atoms with E-state index in [0.717, 1.165) is 4.31 Å². The van der Waals surface area contributed by atoms with E-state index in [4.69, 9.17) is 15.6 Å². The summed E-state index contributed by atoms with van der Waals surface area (Å²) in [5.41, 5.74) is 8.02. The average molecular weight is 489 g/mol. The van der Waals surface area contributed by atoms with Crippen LogP contribution in [0.2, 0.25) is 0 Å². The molecule has 3 heterocycles. The first-order valence-corrected chi connectivity index (χ1v) is 11.4. The van der Waals surface area contributed by atoms with Gasteiger partial charge in [0, 0.05) is 30.2 Å². The Morgan fingerprint density at radius 2 is 2.06 bits per heavy atom. The number of H-pyrrole nitrogens is 1. The highest BCUT2D eigenvalue weighted by atomic mass is 32.2. The van der Waals surface area contributed by atoms with Gasteiger partial charge in [-0.1, -0.05) is 6.08 Å². The van der Waals surface area contributed by atoms with Crippen molar-refractivity contribution in [1.82, 2.24) is 19.0 Å². The second kappa shape index (κ2) is 8.76. The Balaban J connectivity index is 1.84. The molecule has 0 fully saturated rings. The number of amides is 2. The fraction of sp³-hybridized carbons (Fsp3) is 0.190. The monoisotopic (exact) mass is 489 g/mol. The van der Waals surface area contributed by atoms with Crippen LogP contribution in [-0.2, 0) is 10.2 Å². The van der Waals surface area contributed by atoms with E-state index in [0.29, 0.717) is 39.2 Å². The number of aromatic nitrogens is 2. The van der Waals surface area contributed by atoms with Crippen molar-refractivity contribution < 1.29 is 32.2 Å². The third-order valence-corrected chi connectivity index (χ3v) is 6.89. The summed E-state index contributed by atoms with van der Waals surface area (Å²) in [4.78, 5) is 30.7. The number of ether oxygens (including phenoxy) is 1. The third kappa shape index (κ3) is 4.18. The molecule has 11 nitrogen and oxygen atoms in total. The van der Waals surface area contributed by atoms with Crippen molar-refractivity contribution in [3.05, 3.63) is 53.6 Å². The van der Waals surface area contributed by atoms with Crippen LogP contribution in [0.25, 0.3) is 27.7 Å². The molecule has 3 aromatic rings. The molecule has 178 valence electrons. The van der Waals surface area contributed by atoms with Crippen LogP contribution in [0.1, 0.15) is 22.5 Å². The van der Waals surface area contributed by atoms with Gasteiger partial charge in [-0.2, -0.15) is 12.7 Å². The molecule has 2 amide bonds. The van der Waals surface area contributed by atoms with Crippen LogP contribution >= 0.6 is 0 Å². The molecule has 0 bridgehead atoms. The van der Waals surface area contributed by atoms with E-state index in [-0.39, 0.29) is 25.1 Å². The minimum absolute atomic E-state index is 0.0278. The number of aromatic amines is 1. The van der Waals surface area contributed by atoms with Crippen LogP contribution in [0.15, 0.2) is 36.5 Å². The van der Waals surface area contributed by atoms with Crippen LogP contribution in [0, 0.1) is 5.82 Å². The molecule has 0 saturated heterocycles. The number of rotatable bonds is 6. The lowest BCUT2D eigenvalue weighted by atomic mass is 9.96. The lowest BCUT2D eigenvalue weighted by Crippen LogP contribution is -2.44. The summed E-state index contributed by atoms with van der Waals surface area (Å²) < 4.78 is 46.1. The number of carbonyl (C=O) groups excluding carboxylic acids is 1. The zero-order chi connectivity index (χ0) is 24.6. The lowest BCUT2D eigenvalue weighted by molar-refractivity contribution is 0.100. The predicted molar refractivity (Wildman–Crippen MR) is 121 cm³/mol. The second-order valence-corrected chi connectivity index (χ2v) is 9.09. The van der Waals surface area contributed by atoms with Crippen molar-refractivity contribution in [2.75, 3.05) is 20.2 Å². The number of hydrogen-bond donors (Lipinski definition) is 4. The quantitative estimate of drug-likeness (QED) is 0.411. The van der Waals surface area contributed by atoms with E-state index in [2.05, 4.69) is 9.97 Å². The fourth-order valence-corrected chi connectivity index (χ4v) is 4.94. The molecule has 34 heavy (non-hydrogen) atoms. The van der Waals surface area contributed by atoms with Crippen LogP contribution in [0.3, 0.4) is 0 Å². The van der Waals surface area contributed by atoms with Gasteiger partial charge in [0.15, 0.2) is 0 Å². The maximum absolute atomic E-state index is 14.1. The maximum Gasteiger partial charge on any atom is 0.419 e. The Bertz CT molecular complexity index is 1450. The van der Waals surface area contributed by atoms with Gasteiger partial charge >= 0.3 is 16.3 Å². The van der Waals surface area contributed by atoms with Crippen LogP contribution in [0.4, 0.5) is 9.18 Å². The Hall–Kier alpha value is -3.97. The minimum atomic E-state index is -4.22. The van der Waals surface area contributed by atoms with Crippen LogP contribution < -0.4 is 15.2 Å². The molecule has 2 aromatic heterocycles. The highest BCUT2D eigenvalue weighted by molar-refractivity contribution is 7.87. The highest BCUT2D eigenvalue weighted by Crippen LogP contribution is 2.39. The highest BCUT2D eigenvalue weighted by Gasteiger charge is 2.29. The molecule has 0 saturated carbocycles. The predicted octanol–water partition coefficient (Wildman–Crippen LogP) is 2.08. The Morgan fingerprint density at radius 1 is 1.29 bits per heavy atom. The second-order valence-electron chi connectivity index (χ2n) is 7.42. The molecule has 0 atom stereocenters. The van der Waals surface area contributed by atoms with Gasteiger partial charge in [-0.25, -0.2) is 18.9 Å². The number of pyridine rings is 1. The molecule has 4 rings (SSSR count). The van der Waals surface area contributed by atoms with Gasteiger partial charge < -0.3 is 20.6 Å². The molecule has 1 aliphatic heterocycles. The van der Waals surface area contributed by atoms with Gasteiger partial charge in [0.05, 0.1) is 18.4 Å². The molecule has 13 heteroatoms. The molecular weight excluding hydrogens is 469 g/mol. The Kier molecular flexibility index (Phi) is 5.98. The molecule has 5 N–H and O–H groups in total. The van der Waals surface area contributed by atoms with Crippen LogP contribution in [0.5, 0.6) is 5.75 Å². The molecule has 1 aromatic carbocycles. The van der Waals surface area contributed by atoms with Crippen molar-refractivity contribution >= 4 is 38.8 Å². The average Bonchev–Trinajstić information content (AvgIpc) is 3.18. The van der Waals surface area contributed by atoms with E-state index < -0.39 is 28.0 Å². The number of carboxylic acid groups (broad SMARTS) is 1. The molecule has 1 aliphatic rings. The summed E-state index contributed by atoms with van der Waals surface area (Å²) in [6, 6.07) is 5.62. The molecule has 0 radical (unpaired) electrons. The largest absolute Gasteiger partial charge is 0.496 e. The zero-order valence-electron chi connectivity index (χ0n) is 17.8. The van der Waals surface area contributed by atoms with Gasteiger partial charge in [-0.3, -0.25) is 4.79 Å². The smallest absolute Gasteiger partial charge is 0.419 e. The summed E-state index contributed by atoms with van der Waals surface area (Å²) >= 11 is 0. The van der Waals surface area contributed by atoms with E-state index in [1.165, 1.54) is 36.2 Å². The topological polar surface area (TPSA) is 168 Å². The molecule has 0 spiro atoms. The summed E-state index contributed by atoms with van der Waals surface area (Å²) in [6.45, 7) is -0.149. The summed E-state index contributed by atoms with van der Waals surface area (Å²) in [5, 5.41) is 9.11. The van der Waals surface area contributed by atoms with Crippen LogP contribution in [-0.4, -0.2) is 60.0 Å². The van der Waals surface area contributed by atoms with Gasteiger partial charge in [0.1, 0.15) is 17.2 Å². The first-order valence-electron chi connectivity index (χ1n) is 9.97. The molecule has 0 aliphatic carbocycles. The summed E-state index contributed by atoms with van der Waals surface area (Å²) in [5.74, 6) is -0.867. The first kappa shape index (κ1) is 23.2. The lowest BCUT2D eigenvalue weighted by Gasteiger charge is -2.25. The minimum Gasteiger partial charge on any atom is -0.496 e. The number of primary amides is 1. The SMILES string of the molecule is COc1ccc(F)cc1-c1ccnc2[nH]c(C3=CCN(S(=O)(=O)NC(=O)O)CC3)c(C(N)=O)c12. The van der Waals surface area contributed by atoms with E-state index >= 15 is 0 Å². The number of methoxy groups -OCH3 is 1. The van der Waals surface area contributed by atoms with Crippen molar-refractivity contribution in [3.63, 3.8) is 0 Å². The maximum atomic E-state index is 14.1. The van der Waals surface area contributed by atoms with Crippen molar-refractivity contribution in [3.8, 4) is 16.9 Å². The first-order chi connectivity index (χ1) is 16.1. The van der Waals surface area contributed by atoms with Gasteiger partial charge in [0.2, 0.25) is 0 Å². The third-order valence-electron chi connectivity index (χ3n) is 5.44. The number of hydrogen-bond acceptors (Lipinski definition) is 6. The molecular formula is C21H20FN5O6S. The van der Waals surface area contributed by atoms with Gasteiger partial charge in [-0.05, 0) is 41.8 Å². The van der Waals surface area contributed by atoms with Gasteiger partial charge in [-0.15, -0.1) is 0 Å². The molecule has 0 unspecified atom stereocenters. The van der Waals surface area contributed by atoms with E-state index in [1.807, 2.05) is 0 Å². The number of fused-ring (bicyclic) bond motifs is 1.